The van der Waals surface area contributed by atoms with E-state index >= 15 is 0 Å². The van der Waals surface area contributed by atoms with Crippen LogP contribution in [0.5, 0.6) is 0 Å². The number of hydrogen-bond donors (Lipinski definition) is 1. The van der Waals surface area contributed by atoms with E-state index in [1.54, 1.807) is 28.9 Å². The zero-order valence-electron chi connectivity index (χ0n) is 13.6. The van der Waals surface area contributed by atoms with Crippen molar-refractivity contribution in [1.82, 2.24) is 14.7 Å². The highest BCUT2D eigenvalue weighted by Crippen LogP contribution is 2.12. The van der Waals surface area contributed by atoms with Crippen molar-refractivity contribution in [2.75, 3.05) is 13.1 Å². The van der Waals surface area contributed by atoms with E-state index in [1.165, 1.54) is 4.90 Å². The van der Waals surface area contributed by atoms with Gasteiger partial charge in [0.25, 0.3) is 5.91 Å². The molecule has 2 aromatic rings. The predicted octanol–water partition coefficient (Wildman–Crippen LogP) is 2.36. The molecule has 0 atom stereocenters. The summed E-state index contributed by atoms with van der Waals surface area (Å²) < 4.78 is 1.73. The monoisotopic (exact) mass is 315 g/mol. The second-order valence-electron chi connectivity index (χ2n) is 5.92. The fourth-order valence-corrected chi connectivity index (χ4v) is 2.32. The summed E-state index contributed by atoms with van der Waals surface area (Å²) in [6.07, 6.45) is 1.85. The molecule has 1 aromatic carbocycles. The molecule has 1 heterocycles. The van der Waals surface area contributed by atoms with Gasteiger partial charge in [-0.25, -0.2) is 4.68 Å². The fraction of sp³-hybridized carbons (Fsp3) is 0.353. The maximum Gasteiger partial charge on any atom is 0.323 e. The van der Waals surface area contributed by atoms with Gasteiger partial charge in [0.15, 0.2) is 0 Å². The normalized spacial score (nSPS) is 10.8. The molecule has 0 saturated heterocycles. The van der Waals surface area contributed by atoms with E-state index in [9.17, 15) is 9.59 Å². The van der Waals surface area contributed by atoms with Crippen molar-refractivity contribution in [2.45, 2.75) is 20.8 Å². The zero-order valence-corrected chi connectivity index (χ0v) is 13.6. The molecule has 122 valence electrons. The third-order valence-corrected chi connectivity index (χ3v) is 3.30. The molecule has 0 aliphatic heterocycles. The third kappa shape index (κ3) is 4.42. The van der Waals surface area contributed by atoms with E-state index in [4.69, 9.17) is 5.11 Å². The maximum absolute atomic E-state index is 12.5. The van der Waals surface area contributed by atoms with Crippen molar-refractivity contribution in [3.8, 4) is 5.69 Å². The number of aryl methyl sites for hydroxylation is 1. The minimum absolute atomic E-state index is 0.199. The van der Waals surface area contributed by atoms with Crippen molar-refractivity contribution in [2.24, 2.45) is 5.92 Å². The molecule has 0 aliphatic rings. The molecule has 0 radical (unpaired) electrons. The predicted molar refractivity (Wildman–Crippen MR) is 86.7 cm³/mol. The first-order valence-corrected chi connectivity index (χ1v) is 7.50. The van der Waals surface area contributed by atoms with Crippen molar-refractivity contribution < 1.29 is 14.7 Å². The lowest BCUT2D eigenvalue weighted by Gasteiger charge is -2.22. The lowest BCUT2D eigenvalue weighted by molar-refractivity contribution is -0.137. The number of carbonyl (C=O) groups excluding carboxylic acids is 1. The summed E-state index contributed by atoms with van der Waals surface area (Å²) in [6.45, 7) is 5.92. The van der Waals surface area contributed by atoms with Gasteiger partial charge in [0.1, 0.15) is 6.54 Å². The zero-order chi connectivity index (χ0) is 17.0. The summed E-state index contributed by atoms with van der Waals surface area (Å²) in [5.41, 5.74) is 2.23. The fourth-order valence-electron chi connectivity index (χ4n) is 2.32. The minimum atomic E-state index is -1.01. The topological polar surface area (TPSA) is 75.4 Å². The summed E-state index contributed by atoms with van der Waals surface area (Å²) in [4.78, 5) is 24.8. The van der Waals surface area contributed by atoms with Crippen LogP contribution in [0, 0.1) is 12.8 Å². The second-order valence-corrected chi connectivity index (χ2v) is 5.92. The van der Waals surface area contributed by atoms with Gasteiger partial charge in [0.2, 0.25) is 0 Å². The number of aliphatic carboxylic acids is 1. The van der Waals surface area contributed by atoms with Gasteiger partial charge in [-0.3, -0.25) is 9.59 Å². The first kappa shape index (κ1) is 16.7. The molecule has 0 unspecified atom stereocenters. The van der Waals surface area contributed by atoms with Crippen LogP contribution in [0.1, 0.15) is 29.9 Å². The Labute approximate surface area is 135 Å². The van der Waals surface area contributed by atoms with Crippen LogP contribution in [-0.2, 0) is 4.79 Å². The molecule has 6 nitrogen and oxygen atoms in total. The lowest BCUT2D eigenvalue weighted by atomic mass is 10.1. The van der Waals surface area contributed by atoms with E-state index in [1.807, 2.05) is 33.0 Å². The Morgan fingerprint density at radius 3 is 2.35 bits per heavy atom. The average molecular weight is 315 g/mol. The number of aromatic nitrogens is 2. The Bertz CT molecular complexity index is 689. The molecule has 0 fully saturated rings. The largest absolute Gasteiger partial charge is 0.480 e. The molecule has 23 heavy (non-hydrogen) atoms. The van der Waals surface area contributed by atoms with Gasteiger partial charge in [0, 0.05) is 18.3 Å². The highest BCUT2D eigenvalue weighted by atomic mass is 16.4. The van der Waals surface area contributed by atoms with Crippen LogP contribution in [0.15, 0.2) is 36.5 Å². The standard InChI is InChI=1S/C17H21N3O3/c1-12(2)10-19(11-16(21)22)17(23)14-4-6-15(7-5-14)20-9-8-13(3)18-20/h4-9,12H,10-11H2,1-3H3,(H,21,22). The number of amides is 1. The quantitative estimate of drug-likeness (QED) is 0.888. The molecule has 2 rings (SSSR count). The number of rotatable bonds is 6. The minimum Gasteiger partial charge on any atom is -0.480 e. The van der Waals surface area contributed by atoms with Crippen LogP contribution in [0.4, 0.5) is 0 Å². The van der Waals surface area contributed by atoms with Crippen LogP contribution in [-0.4, -0.2) is 44.8 Å². The van der Waals surface area contributed by atoms with E-state index in [0.717, 1.165) is 11.4 Å². The van der Waals surface area contributed by atoms with Crippen molar-refractivity contribution in [3.05, 3.63) is 47.8 Å². The van der Waals surface area contributed by atoms with E-state index in [-0.39, 0.29) is 18.4 Å². The Morgan fingerprint density at radius 1 is 1.22 bits per heavy atom. The van der Waals surface area contributed by atoms with Crippen LogP contribution >= 0.6 is 0 Å². The van der Waals surface area contributed by atoms with Crippen LogP contribution in [0.2, 0.25) is 0 Å². The summed E-state index contributed by atoms with van der Waals surface area (Å²) in [5.74, 6) is -1.09. The molecule has 1 N–H and O–H groups in total. The molecule has 0 spiro atoms. The molecule has 0 bridgehead atoms. The number of carboxylic acids is 1. The first-order valence-electron chi connectivity index (χ1n) is 7.50. The van der Waals surface area contributed by atoms with Gasteiger partial charge >= 0.3 is 5.97 Å². The number of carboxylic acid groups (broad SMARTS) is 1. The average Bonchev–Trinajstić information content (AvgIpc) is 2.91. The first-order chi connectivity index (χ1) is 10.9. The Balaban J connectivity index is 2.18. The van der Waals surface area contributed by atoms with Crippen molar-refractivity contribution in [1.29, 1.82) is 0 Å². The van der Waals surface area contributed by atoms with Gasteiger partial charge in [-0.2, -0.15) is 5.10 Å². The molecule has 1 aromatic heterocycles. The summed E-state index contributed by atoms with van der Waals surface area (Å²) in [5, 5.41) is 13.3. The molecule has 0 aliphatic carbocycles. The van der Waals surface area contributed by atoms with Crippen molar-refractivity contribution in [3.63, 3.8) is 0 Å². The molecular formula is C17H21N3O3. The van der Waals surface area contributed by atoms with Crippen LogP contribution in [0.25, 0.3) is 5.69 Å². The Kier molecular flexibility index (Phi) is 5.16. The smallest absolute Gasteiger partial charge is 0.323 e. The second kappa shape index (κ2) is 7.09. The van der Waals surface area contributed by atoms with Crippen molar-refractivity contribution >= 4 is 11.9 Å². The van der Waals surface area contributed by atoms with Crippen LogP contribution in [0.3, 0.4) is 0 Å². The highest BCUT2D eigenvalue weighted by molar-refractivity contribution is 5.96. The summed E-state index contributed by atoms with van der Waals surface area (Å²) >= 11 is 0. The molecule has 1 amide bonds. The lowest BCUT2D eigenvalue weighted by Crippen LogP contribution is -2.38. The Morgan fingerprint density at radius 2 is 1.87 bits per heavy atom. The molecular weight excluding hydrogens is 294 g/mol. The maximum atomic E-state index is 12.5. The van der Waals surface area contributed by atoms with E-state index in [0.29, 0.717) is 12.1 Å². The molecule has 6 heteroatoms. The Hall–Kier alpha value is -2.63. The SMILES string of the molecule is Cc1ccn(-c2ccc(C(=O)N(CC(=O)O)CC(C)C)cc2)n1. The number of carbonyl (C=O) groups is 2. The van der Waals surface area contributed by atoms with Gasteiger partial charge in [-0.15, -0.1) is 0 Å². The third-order valence-electron chi connectivity index (χ3n) is 3.30. The van der Waals surface area contributed by atoms with Gasteiger partial charge in [-0.1, -0.05) is 13.8 Å². The van der Waals surface area contributed by atoms with E-state index < -0.39 is 5.97 Å². The number of benzene rings is 1. The summed E-state index contributed by atoms with van der Waals surface area (Å²) in [6, 6.07) is 8.89. The molecule has 0 saturated carbocycles. The van der Waals surface area contributed by atoms with Gasteiger partial charge < -0.3 is 10.0 Å². The highest BCUT2D eigenvalue weighted by Gasteiger charge is 2.19. The van der Waals surface area contributed by atoms with Gasteiger partial charge in [0.05, 0.1) is 11.4 Å². The number of hydrogen-bond acceptors (Lipinski definition) is 3. The van der Waals surface area contributed by atoms with Crippen LogP contribution < -0.4 is 0 Å². The number of nitrogens with zero attached hydrogens (tertiary/aromatic N) is 3. The van der Waals surface area contributed by atoms with Gasteiger partial charge in [-0.05, 0) is 43.2 Å². The van der Waals surface area contributed by atoms with E-state index in [2.05, 4.69) is 5.10 Å². The summed E-state index contributed by atoms with van der Waals surface area (Å²) in [7, 11) is 0.